The van der Waals surface area contributed by atoms with Gasteiger partial charge in [-0.05, 0) is 67.1 Å². The lowest BCUT2D eigenvalue weighted by Gasteiger charge is -2.23. The van der Waals surface area contributed by atoms with Crippen LogP contribution < -0.4 is 0 Å². The molecule has 0 heterocycles. The van der Waals surface area contributed by atoms with E-state index in [1.54, 1.807) is 30.3 Å². The smallest absolute Gasteiger partial charge is 0.204 e. The molecule has 262 valence electrons. The molecule has 0 spiro atoms. The molecule has 0 aliphatic rings. The van der Waals surface area contributed by atoms with Crippen molar-refractivity contribution >= 4 is 43.1 Å². The SMILES string of the molecule is Oc1c(O)c(O)c2c(-c3ccc(-c4ccccc4)c4ccccc34)c3c(O)c(O)c(O)c(O)c3c(-c3cccc(-c4ccc5ccccc5c4)c3)c2c1O. The molecule has 0 aliphatic heterocycles. The number of hydrogen-bond donors (Lipinski definition) is 8. The van der Waals surface area contributed by atoms with Gasteiger partial charge in [0.05, 0.1) is 0 Å². The van der Waals surface area contributed by atoms with E-state index in [1.807, 2.05) is 103 Å². The largest absolute Gasteiger partial charge is 0.504 e. The van der Waals surface area contributed by atoms with E-state index < -0.39 is 46.0 Å². The maximum absolute atomic E-state index is 11.8. The topological polar surface area (TPSA) is 162 Å². The Morgan fingerprint density at radius 1 is 0.259 bits per heavy atom. The Kier molecular flexibility index (Phi) is 7.19. The average Bonchev–Trinajstić information content (AvgIpc) is 3.22. The predicted octanol–water partition coefficient (Wildman–Crippen LogP) is 10.6. The van der Waals surface area contributed by atoms with Crippen molar-refractivity contribution in [3.63, 3.8) is 0 Å². The molecule has 9 aromatic rings. The minimum atomic E-state index is -1.02. The highest BCUT2D eigenvalue weighted by Gasteiger charge is 2.33. The van der Waals surface area contributed by atoms with Crippen LogP contribution in [0, 0.1) is 0 Å². The molecule has 8 nitrogen and oxygen atoms in total. The van der Waals surface area contributed by atoms with E-state index in [-0.39, 0.29) is 32.7 Å². The molecule has 9 aromatic carbocycles. The monoisotopic (exact) mass is 710 g/mol. The van der Waals surface area contributed by atoms with E-state index >= 15 is 0 Å². The van der Waals surface area contributed by atoms with Gasteiger partial charge in [-0.2, -0.15) is 0 Å². The van der Waals surface area contributed by atoms with E-state index in [9.17, 15) is 40.9 Å². The standard InChI is InChI=1S/C46H30O8/c47-39-35-33(28-14-8-13-26(22-28)27-18-17-23-9-4-5-12-25(23)21-27)36-38(42(50)46(54)44(52)40(36)48)34(37(35)41(49)45(53)43(39)51)32-20-19-29(24-10-2-1-3-11-24)30-15-6-7-16-31(30)32/h1-22,47-54H. The van der Waals surface area contributed by atoms with Crippen molar-refractivity contribution in [2.45, 2.75) is 0 Å². The summed E-state index contributed by atoms with van der Waals surface area (Å²) in [6.45, 7) is 0. The Balaban J connectivity index is 1.47. The lowest BCUT2D eigenvalue weighted by Crippen LogP contribution is -1.96. The molecule has 0 fully saturated rings. The molecule has 0 aliphatic carbocycles. The maximum atomic E-state index is 11.8. The second-order valence-corrected chi connectivity index (χ2v) is 13.3. The first-order valence-electron chi connectivity index (χ1n) is 17.1. The molecule has 9 rings (SSSR count). The van der Waals surface area contributed by atoms with Gasteiger partial charge in [-0.15, -0.1) is 0 Å². The van der Waals surface area contributed by atoms with Crippen LogP contribution in [0.4, 0.5) is 0 Å². The molecule has 0 bridgehead atoms. The summed E-state index contributed by atoms with van der Waals surface area (Å²) in [5, 5.41) is 93.8. The third kappa shape index (κ3) is 4.63. The Morgan fingerprint density at radius 3 is 1.31 bits per heavy atom. The minimum absolute atomic E-state index is 0.00329. The zero-order valence-electron chi connectivity index (χ0n) is 28.3. The molecule has 8 heteroatoms. The molecular formula is C46H30O8. The van der Waals surface area contributed by atoms with Gasteiger partial charge in [0.15, 0.2) is 23.0 Å². The third-order valence-electron chi connectivity index (χ3n) is 10.3. The van der Waals surface area contributed by atoms with Gasteiger partial charge in [0, 0.05) is 32.7 Å². The zero-order valence-corrected chi connectivity index (χ0v) is 28.3. The van der Waals surface area contributed by atoms with E-state index in [0.717, 1.165) is 38.4 Å². The number of rotatable bonds is 4. The van der Waals surface area contributed by atoms with Crippen molar-refractivity contribution in [3.8, 4) is 90.5 Å². The van der Waals surface area contributed by atoms with Gasteiger partial charge in [0.1, 0.15) is 0 Å². The van der Waals surface area contributed by atoms with Crippen molar-refractivity contribution in [1.29, 1.82) is 0 Å². The van der Waals surface area contributed by atoms with Crippen LogP contribution >= 0.6 is 0 Å². The van der Waals surface area contributed by atoms with E-state index in [0.29, 0.717) is 16.5 Å². The zero-order chi connectivity index (χ0) is 37.4. The Hall–Kier alpha value is -7.58. The van der Waals surface area contributed by atoms with Gasteiger partial charge in [-0.1, -0.05) is 121 Å². The van der Waals surface area contributed by atoms with Crippen molar-refractivity contribution in [1.82, 2.24) is 0 Å². The quantitative estimate of drug-likeness (QED) is 0.0508. The molecule has 0 unspecified atom stereocenters. The Labute approximate surface area is 307 Å². The lowest BCUT2D eigenvalue weighted by molar-refractivity contribution is 0.350. The van der Waals surface area contributed by atoms with Crippen LogP contribution in [0.15, 0.2) is 133 Å². The first-order chi connectivity index (χ1) is 26.2. The molecule has 8 N–H and O–H groups in total. The van der Waals surface area contributed by atoms with Crippen molar-refractivity contribution in [3.05, 3.63) is 133 Å². The van der Waals surface area contributed by atoms with E-state index in [2.05, 4.69) is 0 Å². The summed E-state index contributed by atoms with van der Waals surface area (Å²) in [6, 6.07) is 41.5. The first kappa shape index (κ1) is 32.3. The summed E-state index contributed by atoms with van der Waals surface area (Å²) in [6.07, 6.45) is 0. The molecule has 54 heavy (non-hydrogen) atoms. The molecule has 0 saturated heterocycles. The molecule has 0 radical (unpaired) electrons. The summed E-state index contributed by atoms with van der Waals surface area (Å²) in [7, 11) is 0. The lowest BCUT2D eigenvalue weighted by atomic mass is 9.81. The van der Waals surface area contributed by atoms with Crippen LogP contribution in [0.2, 0.25) is 0 Å². The highest BCUT2D eigenvalue weighted by Crippen LogP contribution is 2.62. The van der Waals surface area contributed by atoms with Crippen molar-refractivity contribution in [2.75, 3.05) is 0 Å². The minimum Gasteiger partial charge on any atom is -0.504 e. The third-order valence-corrected chi connectivity index (χ3v) is 10.3. The van der Waals surface area contributed by atoms with E-state index in [1.165, 1.54) is 0 Å². The number of aromatic hydroxyl groups is 8. The second kappa shape index (κ2) is 12.0. The number of benzene rings is 9. The summed E-state index contributed by atoms with van der Waals surface area (Å²) in [5.74, 6) is -7.39. The number of fused-ring (bicyclic) bond motifs is 4. The number of phenols is 8. The molecule has 0 saturated carbocycles. The first-order valence-corrected chi connectivity index (χ1v) is 17.1. The van der Waals surface area contributed by atoms with Gasteiger partial charge in [-0.3, -0.25) is 0 Å². The van der Waals surface area contributed by atoms with Crippen molar-refractivity contribution < 1.29 is 40.9 Å². The van der Waals surface area contributed by atoms with Crippen LogP contribution in [0.5, 0.6) is 46.0 Å². The van der Waals surface area contributed by atoms with Gasteiger partial charge < -0.3 is 40.9 Å². The van der Waals surface area contributed by atoms with Gasteiger partial charge >= 0.3 is 0 Å². The fourth-order valence-electron chi connectivity index (χ4n) is 7.79. The predicted molar refractivity (Wildman–Crippen MR) is 212 cm³/mol. The fourth-order valence-corrected chi connectivity index (χ4v) is 7.79. The fraction of sp³-hybridized carbons (Fsp3) is 0. The Bertz CT molecular complexity index is 2940. The summed E-state index contributed by atoms with van der Waals surface area (Å²) >= 11 is 0. The normalized spacial score (nSPS) is 11.6. The summed E-state index contributed by atoms with van der Waals surface area (Å²) in [5.41, 5.74) is 4.05. The highest BCUT2D eigenvalue weighted by molar-refractivity contribution is 6.30. The highest BCUT2D eigenvalue weighted by atomic mass is 16.4. The van der Waals surface area contributed by atoms with Crippen LogP contribution in [-0.2, 0) is 0 Å². The van der Waals surface area contributed by atoms with Crippen LogP contribution in [-0.4, -0.2) is 40.9 Å². The van der Waals surface area contributed by atoms with Gasteiger partial charge in [0.2, 0.25) is 23.0 Å². The van der Waals surface area contributed by atoms with Gasteiger partial charge in [0.25, 0.3) is 0 Å². The van der Waals surface area contributed by atoms with Crippen molar-refractivity contribution in [2.24, 2.45) is 0 Å². The molecule has 0 amide bonds. The van der Waals surface area contributed by atoms with Crippen LogP contribution in [0.3, 0.4) is 0 Å². The number of hydrogen-bond acceptors (Lipinski definition) is 8. The molecule has 0 atom stereocenters. The van der Waals surface area contributed by atoms with Crippen LogP contribution in [0.1, 0.15) is 0 Å². The maximum Gasteiger partial charge on any atom is 0.204 e. The van der Waals surface area contributed by atoms with Crippen LogP contribution in [0.25, 0.3) is 87.6 Å². The van der Waals surface area contributed by atoms with E-state index in [4.69, 9.17) is 0 Å². The second-order valence-electron chi connectivity index (χ2n) is 13.3. The summed E-state index contributed by atoms with van der Waals surface area (Å²) < 4.78 is 0. The summed E-state index contributed by atoms with van der Waals surface area (Å²) in [4.78, 5) is 0. The van der Waals surface area contributed by atoms with Gasteiger partial charge in [-0.25, -0.2) is 0 Å². The number of phenolic OH excluding ortho intramolecular Hbond substituents is 8. The average molecular weight is 711 g/mol. The molecular weight excluding hydrogens is 680 g/mol. The Morgan fingerprint density at radius 2 is 0.704 bits per heavy atom. The molecule has 0 aromatic heterocycles.